The summed E-state index contributed by atoms with van der Waals surface area (Å²) in [5.41, 5.74) is 0. The molecular formula is C16H32OSe. The summed E-state index contributed by atoms with van der Waals surface area (Å²) in [7, 11) is 0. The van der Waals surface area contributed by atoms with Crippen LogP contribution < -0.4 is 0 Å². The van der Waals surface area contributed by atoms with Crippen molar-refractivity contribution < 1.29 is 5.11 Å². The van der Waals surface area contributed by atoms with Crippen molar-refractivity contribution in [2.45, 2.75) is 96.8 Å². The molecule has 0 fully saturated rings. The predicted molar refractivity (Wildman–Crippen MR) is 83.0 cm³/mol. The Kier molecular flexibility index (Phi) is 15.4. The molecule has 2 heteroatoms. The zero-order chi connectivity index (χ0) is 13.5. The van der Waals surface area contributed by atoms with Gasteiger partial charge in [0.05, 0.1) is 0 Å². The molecule has 0 heterocycles. The Morgan fingerprint density at radius 2 is 1.00 bits per heavy atom. The van der Waals surface area contributed by atoms with Gasteiger partial charge in [0, 0.05) is 0 Å². The van der Waals surface area contributed by atoms with Crippen molar-refractivity contribution in [3.63, 3.8) is 0 Å². The van der Waals surface area contributed by atoms with Gasteiger partial charge in [0.25, 0.3) is 0 Å². The molecule has 0 atom stereocenters. The van der Waals surface area contributed by atoms with Gasteiger partial charge in [-0.2, -0.15) is 0 Å². The summed E-state index contributed by atoms with van der Waals surface area (Å²) in [6.07, 6.45) is 18.8. The first-order valence-electron chi connectivity index (χ1n) is 7.99. The van der Waals surface area contributed by atoms with Crippen molar-refractivity contribution in [1.82, 2.24) is 0 Å². The van der Waals surface area contributed by atoms with Crippen LogP contribution in [0, 0.1) is 0 Å². The van der Waals surface area contributed by atoms with Gasteiger partial charge < -0.3 is 0 Å². The van der Waals surface area contributed by atoms with E-state index >= 15 is 0 Å². The van der Waals surface area contributed by atoms with Crippen molar-refractivity contribution in [1.29, 1.82) is 0 Å². The molecule has 0 rings (SSSR count). The Labute approximate surface area is 122 Å². The fourth-order valence-corrected chi connectivity index (χ4v) is 2.60. The van der Waals surface area contributed by atoms with Gasteiger partial charge in [-0.1, -0.05) is 26.2 Å². The van der Waals surface area contributed by atoms with Gasteiger partial charge >= 0.3 is 95.9 Å². The molecule has 0 saturated carbocycles. The summed E-state index contributed by atoms with van der Waals surface area (Å²) in [4.78, 5) is 0. The predicted octanol–water partition coefficient (Wildman–Crippen LogP) is 5.14. The average Bonchev–Trinajstić information content (AvgIpc) is 2.34. The summed E-state index contributed by atoms with van der Waals surface area (Å²) in [6.45, 7) is 2.28. The molecule has 0 aliphatic carbocycles. The number of aliphatic hydroxyl groups is 1. The maximum atomic E-state index is 8.99. The third-order valence-corrected chi connectivity index (χ3v) is 3.92. The zero-order valence-corrected chi connectivity index (χ0v) is 14.0. The number of hydrogen-bond acceptors (Lipinski definition) is 1. The Morgan fingerprint density at radius 1 is 0.667 bits per heavy atom. The summed E-state index contributed by atoms with van der Waals surface area (Å²) in [5, 5.41) is 8.99. The number of rotatable bonds is 14. The van der Waals surface area contributed by atoms with E-state index in [1.165, 1.54) is 77.0 Å². The molecule has 0 amide bonds. The summed E-state index contributed by atoms with van der Waals surface area (Å²) >= 11 is 2.66. The van der Waals surface area contributed by atoms with E-state index in [9.17, 15) is 0 Å². The van der Waals surface area contributed by atoms with Crippen molar-refractivity contribution in [3.8, 4) is 0 Å². The van der Waals surface area contributed by atoms with Gasteiger partial charge in [-0.05, 0) is 0 Å². The molecule has 0 saturated heterocycles. The normalized spacial score (nSPS) is 10.7. The van der Waals surface area contributed by atoms with Crippen molar-refractivity contribution in [2.24, 2.45) is 0 Å². The molecular weight excluding hydrogens is 287 g/mol. The van der Waals surface area contributed by atoms with E-state index in [1.807, 2.05) is 0 Å². The van der Waals surface area contributed by atoms with Gasteiger partial charge in [0.2, 0.25) is 0 Å². The van der Waals surface area contributed by atoms with Gasteiger partial charge in [-0.25, -0.2) is 0 Å². The molecule has 18 heavy (non-hydrogen) atoms. The Morgan fingerprint density at radius 3 is 1.33 bits per heavy atom. The fraction of sp³-hybridized carbons (Fsp3) is 0.938. The molecule has 108 valence electrons. The van der Waals surface area contributed by atoms with Crippen LogP contribution in [0.5, 0.6) is 0 Å². The van der Waals surface area contributed by atoms with Gasteiger partial charge in [-0.15, -0.1) is 0 Å². The van der Waals surface area contributed by atoms with Crippen molar-refractivity contribution in [3.05, 3.63) is 0 Å². The van der Waals surface area contributed by atoms with Crippen LogP contribution in [0.2, 0.25) is 0 Å². The van der Waals surface area contributed by atoms with E-state index in [4.69, 9.17) is 5.11 Å². The topological polar surface area (TPSA) is 20.2 Å². The average molecular weight is 319 g/mol. The minimum atomic E-state index is 0.470. The Balaban J connectivity index is 2.92. The van der Waals surface area contributed by atoms with Crippen LogP contribution in [0.4, 0.5) is 0 Å². The van der Waals surface area contributed by atoms with Crippen LogP contribution in [0.15, 0.2) is 0 Å². The molecule has 0 radical (unpaired) electrons. The summed E-state index contributed by atoms with van der Waals surface area (Å²) in [5.74, 6) is 0. The molecule has 0 aromatic heterocycles. The first kappa shape index (κ1) is 18.2. The van der Waals surface area contributed by atoms with Crippen molar-refractivity contribution in [2.75, 3.05) is 0 Å². The van der Waals surface area contributed by atoms with Gasteiger partial charge in [0.15, 0.2) is 0 Å². The first-order valence-corrected chi connectivity index (χ1v) is 8.84. The van der Waals surface area contributed by atoms with Crippen molar-refractivity contribution >= 4 is 20.2 Å². The quantitative estimate of drug-likeness (QED) is 0.347. The SMILES string of the molecule is CCCCCCCCCCCCCCCC(O)=[Se]. The summed E-state index contributed by atoms with van der Waals surface area (Å²) < 4.78 is 0.470. The second kappa shape index (κ2) is 15.2. The maximum absolute atomic E-state index is 8.99. The van der Waals surface area contributed by atoms with Gasteiger partial charge in [-0.3, -0.25) is 0 Å². The van der Waals surface area contributed by atoms with E-state index < -0.39 is 0 Å². The molecule has 0 aliphatic heterocycles. The first-order chi connectivity index (χ1) is 8.77. The molecule has 0 bridgehead atoms. The van der Waals surface area contributed by atoms with Crippen LogP contribution in [-0.2, 0) is 0 Å². The molecule has 0 aromatic carbocycles. The minimum absolute atomic E-state index is 0.470. The Hall–Kier alpha value is 0.189. The van der Waals surface area contributed by atoms with E-state index in [0.29, 0.717) is 4.60 Å². The molecule has 1 nitrogen and oxygen atoms in total. The second-order valence-corrected chi connectivity index (χ2v) is 6.38. The second-order valence-electron chi connectivity index (χ2n) is 5.39. The third-order valence-electron chi connectivity index (χ3n) is 3.49. The Bertz CT molecular complexity index is 180. The number of hydrogen-bond donors (Lipinski definition) is 1. The molecule has 0 aliphatic rings. The fourth-order valence-electron chi connectivity index (χ4n) is 2.29. The van der Waals surface area contributed by atoms with Crippen LogP contribution in [-0.4, -0.2) is 25.3 Å². The zero-order valence-electron chi connectivity index (χ0n) is 12.3. The van der Waals surface area contributed by atoms with E-state index in [-0.39, 0.29) is 0 Å². The van der Waals surface area contributed by atoms with E-state index in [0.717, 1.165) is 12.8 Å². The van der Waals surface area contributed by atoms with Crippen LogP contribution >= 0.6 is 0 Å². The molecule has 1 N–H and O–H groups in total. The third kappa shape index (κ3) is 16.2. The molecule has 0 aromatic rings. The molecule has 0 unspecified atom stereocenters. The standard InChI is InChI=1S/C16H32OSe/c1-2-3-4-5-6-7-8-9-10-11-12-13-14-15-16(17)18/h2-15H2,1H3,(H,17,18). The van der Waals surface area contributed by atoms with Crippen LogP contribution in [0.25, 0.3) is 0 Å². The van der Waals surface area contributed by atoms with E-state index in [1.54, 1.807) is 0 Å². The monoisotopic (exact) mass is 320 g/mol. The summed E-state index contributed by atoms with van der Waals surface area (Å²) in [6, 6.07) is 0. The van der Waals surface area contributed by atoms with Gasteiger partial charge in [0.1, 0.15) is 0 Å². The molecule has 0 spiro atoms. The van der Waals surface area contributed by atoms with Crippen LogP contribution in [0.1, 0.15) is 96.8 Å². The number of unbranched alkanes of at least 4 members (excludes halogenated alkanes) is 12. The van der Waals surface area contributed by atoms with Crippen LogP contribution in [0.3, 0.4) is 0 Å². The van der Waals surface area contributed by atoms with E-state index in [2.05, 4.69) is 22.5 Å². The number of aliphatic hydroxyl groups excluding tert-OH is 1.